The molecule has 3 N–H and O–H groups in total. The highest BCUT2D eigenvalue weighted by Gasteiger charge is 2.19. The molecule has 0 bridgehead atoms. The van der Waals surface area contributed by atoms with E-state index in [2.05, 4.69) is 5.32 Å². The Hall–Kier alpha value is -1.59. The molecule has 2 heterocycles. The number of anilines is 1. The molecule has 2 aromatic rings. The summed E-state index contributed by atoms with van der Waals surface area (Å²) in [6.07, 6.45) is 2.19. The summed E-state index contributed by atoms with van der Waals surface area (Å²) in [6.45, 7) is 2.24. The van der Waals surface area contributed by atoms with E-state index >= 15 is 0 Å². The fraction of sp³-hybridized carbons (Fsp3) is 0.400. The van der Waals surface area contributed by atoms with Gasteiger partial charge in [0, 0.05) is 23.2 Å². The minimum absolute atomic E-state index is 0.0747. The molecule has 1 aromatic carbocycles. The fourth-order valence-electron chi connectivity index (χ4n) is 2.52. The molecule has 3 rings (SSSR count). The van der Waals surface area contributed by atoms with E-state index in [1.165, 1.54) is 11.3 Å². The Morgan fingerprint density at radius 2 is 2.30 bits per heavy atom. The number of nitrogen functional groups attached to an aromatic ring is 1. The number of rotatable bonds is 3. The number of benzene rings is 1. The number of carbonyl (C=O) groups excluding carboxylic acids is 1. The third-order valence-corrected chi connectivity index (χ3v) is 4.83. The van der Waals surface area contributed by atoms with Crippen LogP contribution in [0.25, 0.3) is 10.1 Å². The van der Waals surface area contributed by atoms with Gasteiger partial charge in [-0.3, -0.25) is 4.79 Å². The Kier molecular flexibility index (Phi) is 3.89. The van der Waals surface area contributed by atoms with Crippen LogP contribution in [0.15, 0.2) is 24.3 Å². The highest BCUT2D eigenvalue weighted by Crippen LogP contribution is 2.33. The molecule has 1 aliphatic heterocycles. The van der Waals surface area contributed by atoms with Crippen molar-refractivity contribution in [3.05, 3.63) is 29.1 Å². The zero-order chi connectivity index (χ0) is 13.9. The highest BCUT2D eigenvalue weighted by molar-refractivity contribution is 7.21. The summed E-state index contributed by atoms with van der Waals surface area (Å²) in [5.74, 6) is 0.345. The van der Waals surface area contributed by atoms with E-state index in [1.807, 2.05) is 24.3 Å². The summed E-state index contributed by atoms with van der Waals surface area (Å²) < 4.78 is 6.47. The lowest BCUT2D eigenvalue weighted by Crippen LogP contribution is -2.33. The van der Waals surface area contributed by atoms with Gasteiger partial charge >= 0.3 is 0 Å². The van der Waals surface area contributed by atoms with E-state index in [0.29, 0.717) is 23.0 Å². The molecule has 1 aromatic heterocycles. The molecule has 1 amide bonds. The van der Waals surface area contributed by atoms with Crippen molar-refractivity contribution in [3.8, 4) is 0 Å². The molecule has 1 aliphatic rings. The Bertz CT molecular complexity index is 617. The van der Waals surface area contributed by atoms with Gasteiger partial charge in [0.15, 0.2) is 0 Å². The van der Waals surface area contributed by atoms with Crippen LogP contribution in [0.2, 0.25) is 0 Å². The van der Waals surface area contributed by atoms with E-state index in [0.717, 1.165) is 36.1 Å². The molecule has 0 radical (unpaired) electrons. The number of nitrogens with two attached hydrogens (primary N) is 1. The van der Waals surface area contributed by atoms with Gasteiger partial charge in [0.05, 0.1) is 12.3 Å². The first-order valence-corrected chi connectivity index (χ1v) is 7.70. The molecular weight excluding hydrogens is 272 g/mol. The van der Waals surface area contributed by atoms with Crippen LogP contribution in [0.3, 0.4) is 0 Å². The SMILES string of the molecule is Nc1c(C(=O)NCC2CCCOC2)sc2ccccc12. The van der Waals surface area contributed by atoms with E-state index in [1.54, 1.807) is 0 Å². The summed E-state index contributed by atoms with van der Waals surface area (Å²) >= 11 is 1.45. The maximum absolute atomic E-state index is 12.3. The van der Waals surface area contributed by atoms with E-state index in [9.17, 15) is 4.79 Å². The number of hydrogen-bond donors (Lipinski definition) is 2. The smallest absolute Gasteiger partial charge is 0.263 e. The van der Waals surface area contributed by atoms with Crippen molar-refractivity contribution >= 4 is 33.0 Å². The summed E-state index contributed by atoms with van der Waals surface area (Å²) in [4.78, 5) is 12.9. The summed E-state index contributed by atoms with van der Waals surface area (Å²) in [5.41, 5.74) is 6.66. The van der Waals surface area contributed by atoms with Gasteiger partial charge in [-0.15, -0.1) is 11.3 Å². The molecule has 4 nitrogen and oxygen atoms in total. The molecule has 1 saturated heterocycles. The average Bonchev–Trinajstić information content (AvgIpc) is 2.84. The lowest BCUT2D eigenvalue weighted by atomic mass is 10.0. The first-order valence-electron chi connectivity index (χ1n) is 6.88. The first-order chi connectivity index (χ1) is 9.75. The normalized spacial score (nSPS) is 19.1. The lowest BCUT2D eigenvalue weighted by molar-refractivity contribution is 0.0537. The van der Waals surface area contributed by atoms with E-state index in [4.69, 9.17) is 10.5 Å². The van der Waals surface area contributed by atoms with Crippen molar-refractivity contribution in [2.45, 2.75) is 12.8 Å². The van der Waals surface area contributed by atoms with Gasteiger partial charge in [0.2, 0.25) is 0 Å². The standard InChI is InChI=1S/C15H18N2O2S/c16-13-11-5-1-2-6-12(11)20-14(13)15(18)17-8-10-4-3-7-19-9-10/h1-2,5-6,10H,3-4,7-9,16H2,(H,17,18). The lowest BCUT2D eigenvalue weighted by Gasteiger charge is -2.22. The molecule has 0 saturated carbocycles. The van der Waals surface area contributed by atoms with Crippen LogP contribution in [0.4, 0.5) is 5.69 Å². The topological polar surface area (TPSA) is 64.4 Å². The Morgan fingerprint density at radius 3 is 3.05 bits per heavy atom. The van der Waals surface area contributed by atoms with Crippen LogP contribution < -0.4 is 11.1 Å². The Balaban J connectivity index is 1.70. The van der Waals surface area contributed by atoms with E-state index < -0.39 is 0 Å². The van der Waals surface area contributed by atoms with Crippen molar-refractivity contribution in [1.82, 2.24) is 5.32 Å². The van der Waals surface area contributed by atoms with Crippen LogP contribution in [0.5, 0.6) is 0 Å². The zero-order valence-electron chi connectivity index (χ0n) is 11.2. The van der Waals surface area contributed by atoms with Gasteiger partial charge in [-0.25, -0.2) is 0 Å². The van der Waals surface area contributed by atoms with Crippen molar-refractivity contribution in [2.24, 2.45) is 5.92 Å². The van der Waals surface area contributed by atoms with Gasteiger partial charge in [-0.1, -0.05) is 18.2 Å². The van der Waals surface area contributed by atoms with Crippen LogP contribution >= 0.6 is 11.3 Å². The number of ether oxygens (including phenoxy) is 1. The van der Waals surface area contributed by atoms with Crippen LogP contribution in [0.1, 0.15) is 22.5 Å². The predicted octanol–water partition coefficient (Wildman–Crippen LogP) is 2.64. The summed E-state index contributed by atoms with van der Waals surface area (Å²) in [5, 5.41) is 3.94. The fourth-order valence-corrected chi connectivity index (χ4v) is 3.56. The quantitative estimate of drug-likeness (QED) is 0.913. The molecular formula is C15H18N2O2S. The molecule has 106 valence electrons. The molecule has 0 aliphatic carbocycles. The molecule has 1 atom stereocenters. The van der Waals surface area contributed by atoms with Crippen molar-refractivity contribution in [3.63, 3.8) is 0 Å². The number of nitrogens with one attached hydrogen (secondary N) is 1. The molecule has 5 heteroatoms. The van der Waals surface area contributed by atoms with Crippen molar-refractivity contribution in [2.75, 3.05) is 25.5 Å². The third kappa shape index (κ3) is 2.64. The second-order valence-electron chi connectivity index (χ2n) is 5.13. The highest BCUT2D eigenvalue weighted by atomic mass is 32.1. The average molecular weight is 290 g/mol. The van der Waals surface area contributed by atoms with Gasteiger partial charge in [0.25, 0.3) is 5.91 Å². The molecule has 1 unspecified atom stereocenters. The Morgan fingerprint density at radius 1 is 1.45 bits per heavy atom. The molecule has 1 fully saturated rings. The monoisotopic (exact) mass is 290 g/mol. The summed E-state index contributed by atoms with van der Waals surface area (Å²) in [7, 11) is 0. The minimum Gasteiger partial charge on any atom is -0.397 e. The van der Waals surface area contributed by atoms with Crippen LogP contribution in [-0.4, -0.2) is 25.7 Å². The second-order valence-corrected chi connectivity index (χ2v) is 6.19. The first kappa shape index (κ1) is 13.4. The van der Waals surface area contributed by atoms with Gasteiger partial charge in [-0.05, 0) is 24.8 Å². The predicted molar refractivity (Wildman–Crippen MR) is 82.1 cm³/mol. The maximum Gasteiger partial charge on any atom is 0.263 e. The number of carbonyl (C=O) groups is 1. The van der Waals surface area contributed by atoms with Crippen molar-refractivity contribution < 1.29 is 9.53 Å². The number of fused-ring (bicyclic) bond motifs is 1. The zero-order valence-corrected chi connectivity index (χ0v) is 12.0. The molecule has 0 spiro atoms. The molecule has 20 heavy (non-hydrogen) atoms. The second kappa shape index (κ2) is 5.81. The minimum atomic E-state index is -0.0747. The van der Waals surface area contributed by atoms with Crippen LogP contribution in [-0.2, 0) is 4.74 Å². The number of hydrogen-bond acceptors (Lipinski definition) is 4. The maximum atomic E-state index is 12.3. The van der Waals surface area contributed by atoms with Gasteiger partial charge in [0.1, 0.15) is 4.88 Å². The van der Waals surface area contributed by atoms with Gasteiger partial charge in [-0.2, -0.15) is 0 Å². The largest absolute Gasteiger partial charge is 0.397 e. The number of amides is 1. The number of thiophene rings is 1. The third-order valence-electron chi connectivity index (χ3n) is 3.65. The van der Waals surface area contributed by atoms with Gasteiger partial charge < -0.3 is 15.8 Å². The summed E-state index contributed by atoms with van der Waals surface area (Å²) in [6, 6.07) is 7.83. The van der Waals surface area contributed by atoms with E-state index in [-0.39, 0.29) is 5.91 Å². The van der Waals surface area contributed by atoms with Crippen LogP contribution in [0, 0.1) is 5.92 Å². The Labute approximate surface area is 121 Å². The van der Waals surface area contributed by atoms with Crippen molar-refractivity contribution in [1.29, 1.82) is 0 Å².